The van der Waals surface area contributed by atoms with Crippen molar-refractivity contribution in [3.8, 4) is 0 Å². The standard InChI is InChI=1S/C12H12N6O4/c1-16-10(13)9(11(19)17(2)12(16)20)15-14-7-3-5-8(6-4-7)18(21)22/h3-6H,13H2,1-2H3. The average Bonchev–Trinajstić information content (AvgIpc) is 2.51. The topological polar surface area (TPSA) is 138 Å². The van der Waals surface area contributed by atoms with E-state index >= 15 is 0 Å². The van der Waals surface area contributed by atoms with Crippen LogP contribution in [0.15, 0.2) is 44.1 Å². The number of hydrogen-bond acceptors (Lipinski definition) is 7. The summed E-state index contributed by atoms with van der Waals surface area (Å²) < 4.78 is 1.94. The molecule has 1 aromatic carbocycles. The first kappa shape index (κ1) is 15.1. The molecular weight excluding hydrogens is 292 g/mol. The smallest absolute Gasteiger partial charge is 0.332 e. The molecule has 0 aliphatic rings. The number of nitrogens with zero attached hydrogens (tertiary/aromatic N) is 5. The van der Waals surface area contributed by atoms with Gasteiger partial charge in [-0.1, -0.05) is 0 Å². The number of nitrogens with two attached hydrogens (primary N) is 1. The maximum atomic E-state index is 12.0. The summed E-state index contributed by atoms with van der Waals surface area (Å²) in [6, 6.07) is 5.28. The lowest BCUT2D eigenvalue weighted by Gasteiger charge is -2.07. The number of benzene rings is 1. The molecule has 0 bridgehead atoms. The molecule has 0 aliphatic heterocycles. The van der Waals surface area contributed by atoms with E-state index in [9.17, 15) is 19.7 Å². The number of nitro benzene ring substituents is 1. The lowest BCUT2D eigenvalue weighted by atomic mass is 10.3. The van der Waals surface area contributed by atoms with Crippen LogP contribution < -0.4 is 17.0 Å². The number of aromatic nitrogens is 2. The zero-order valence-electron chi connectivity index (χ0n) is 11.8. The van der Waals surface area contributed by atoms with E-state index in [0.717, 1.165) is 9.13 Å². The van der Waals surface area contributed by atoms with Crippen LogP contribution in [-0.2, 0) is 14.1 Å². The predicted octanol–water partition coefficient (Wildman–Crippen LogP) is 0.990. The van der Waals surface area contributed by atoms with E-state index in [1.807, 2.05) is 0 Å². The Bertz CT molecular complexity index is 878. The number of nitrogen functional groups attached to an aromatic ring is 1. The largest absolute Gasteiger partial charge is 0.383 e. The molecule has 1 heterocycles. The maximum Gasteiger partial charge on any atom is 0.332 e. The Morgan fingerprint density at radius 2 is 1.68 bits per heavy atom. The molecule has 0 aliphatic carbocycles. The van der Waals surface area contributed by atoms with Crippen molar-refractivity contribution in [2.24, 2.45) is 24.3 Å². The third-order valence-corrected chi connectivity index (χ3v) is 3.01. The van der Waals surface area contributed by atoms with Gasteiger partial charge in [0.05, 0.1) is 10.6 Å². The van der Waals surface area contributed by atoms with Gasteiger partial charge in [-0.2, -0.15) is 5.11 Å². The first-order valence-corrected chi connectivity index (χ1v) is 6.04. The molecule has 0 spiro atoms. The summed E-state index contributed by atoms with van der Waals surface area (Å²) in [7, 11) is 2.71. The minimum absolute atomic E-state index is 0.0866. The molecule has 2 rings (SSSR count). The monoisotopic (exact) mass is 304 g/mol. The zero-order valence-corrected chi connectivity index (χ0v) is 11.8. The molecule has 0 amide bonds. The van der Waals surface area contributed by atoms with Crippen LogP contribution in [0.1, 0.15) is 0 Å². The van der Waals surface area contributed by atoms with Gasteiger partial charge in [0.1, 0.15) is 5.82 Å². The van der Waals surface area contributed by atoms with Crippen molar-refractivity contribution in [3.05, 3.63) is 55.2 Å². The van der Waals surface area contributed by atoms with Crippen LogP contribution in [0.2, 0.25) is 0 Å². The van der Waals surface area contributed by atoms with Crippen molar-refractivity contribution in [1.29, 1.82) is 0 Å². The van der Waals surface area contributed by atoms with E-state index in [0.29, 0.717) is 5.69 Å². The van der Waals surface area contributed by atoms with Gasteiger partial charge in [-0.05, 0) is 12.1 Å². The van der Waals surface area contributed by atoms with Gasteiger partial charge in [0.15, 0.2) is 5.69 Å². The van der Waals surface area contributed by atoms with Gasteiger partial charge in [0.25, 0.3) is 11.2 Å². The molecule has 22 heavy (non-hydrogen) atoms. The summed E-state index contributed by atoms with van der Waals surface area (Å²) in [5, 5.41) is 18.1. The van der Waals surface area contributed by atoms with Gasteiger partial charge >= 0.3 is 5.69 Å². The Morgan fingerprint density at radius 1 is 1.09 bits per heavy atom. The lowest BCUT2D eigenvalue weighted by Crippen LogP contribution is -2.37. The molecule has 0 atom stereocenters. The molecule has 0 fully saturated rings. The Labute approximate surface area is 123 Å². The molecule has 0 saturated heterocycles. The minimum atomic E-state index is -0.675. The van der Waals surface area contributed by atoms with Gasteiger partial charge in [-0.3, -0.25) is 24.0 Å². The van der Waals surface area contributed by atoms with Gasteiger partial charge in [-0.15, -0.1) is 5.11 Å². The highest BCUT2D eigenvalue weighted by Crippen LogP contribution is 2.21. The number of anilines is 1. The first-order valence-electron chi connectivity index (χ1n) is 6.04. The Morgan fingerprint density at radius 3 is 2.23 bits per heavy atom. The second-order valence-electron chi connectivity index (χ2n) is 4.41. The van der Waals surface area contributed by atoms with Crippen LogP contribution in [0.25, 0.3) is 0 Å². The molecular formula is C12H12N6O4. The molecule has 2 aromatic rings. The SMILES string of the molecule is Cn1c(N)c(N=Nc2ccc([N+](=O)[O-])cc2)c(=O)n(C)c1=O. The highest BCUT2D eigenvalue weighted by Gasteiger charge is 2.12. The highest BCUT2D eigenvalue weighted by atomic mass is 16.6. The van der Waals surface area contributed by atoms with Crippen LogP contribution in [0.5, 0.6) is 0 Å². The third-order valence-electron chi connectivity index (χ3n) is 3.01. The number of hydrogen-bond donors (Lipinski definition) is 1. The van der Waals surface area contributed by atoms with Crippen LogP contribution >= 0.6 is 0 Å². The van der Waals surface area contributed by atoms with Crippen LogP contribution in [0.4, 0.5) is 22.9 Å². The fourth-order valence-electron chi connectivity index (χ4n) is 1.68. The van der Waals surface area contributed by atoms with Gasteiger partial charge in [-0.25, -0.2) is 4.79 Å². The fraction of sp³-hybridized carbons (Fsp3) is 0.167. The number of nitro groups is 1. The second-order valence-corrected chi connectivity index (χ2v) is 4.41. The van der Waals surface area contributed by atoms with E-state index in [1.165, 1.54) is 38.4 Å². The van der Waals surface area contributed by atoms with Crippen LogP contribution in [0, 0.1) is 10.1 Å². The quantitative estimate of drug-likeness (QED) is 0.512. The van der Waals surface area contributed by atoms with E-state index in [2.05, 4.69) is 10.2 Å². The van der Waals surface area contributed by atoms with Crippen molar-refractivity contribution in [1.82, 2.24) is 9.13 Å². The van der Waals surface area contributed by atoms with E-state index < -0.39 is 16.2 Å². The molecule has 10 nitrogen and oxygen atoms in total. The molecule has 0 unspecified atom stereocenters. The molecule has 0 radical (unpaired) electrons. The van der Waals surface area contributed by atoms with Gasteiger partial charge in [0.2, 0.25) is 0 Å². The highest BCUT2D eigenvalue weighted by molar-refractivity contribution is 5.56. The summed E-state index contributed by atoms with van der Waals surface area (Å²) in [4.78, 5) is 33.6. The zero-order chi connectivity index (χ0) is 16.4. The van der Waals surface area contributed by atoms with Crippen molar-refractivity contribution in [2.75, 3.05) is 5.73 Å². The fourth-order valence-corrected chi connectivity index (χ4v) is 1.68. The predicted molar refractivity (Wildman–Crippen MR) is 78.6 cm³/mol. The molecule has 1 aromatic heterocycles. The van der Waals surface area contributed by atoms with E-state index in [1.54, 1.807) is 0 Å². The van der Waals surface area contributed by atoms with Crippen molar-refractivity contribution in [2.45, 2.75) is 0 Å². The van der Waals surface area contributed by atoms with Crippen LogP contribution in [-0.4, -0.2) is 14.1 Å². The summed E-state index contributed by atoms with van der Waals surface area (Å²) in [5.74, 6) is -0.112. The summed E-state index contributed by atoms with van der Waals surface area (Å²) in [6.07, 6.45) is 0. The molecule has 0 saturated carbocycles. The van der Waals surface area contributed by atoms with Crippen LogP contribution in [0.3, 0.4) is 0 Å². The number of rotatable bonds is 3. The summed E-state index contributed by atoms with van der Waals surface area (Å²) in [5.41, 5.74) is 4.48. The minimum Gasteiger partial charge on any atom is -0.383 e. The molecule has 2 N–H and O–H groups in total. The van der Waals surface area contributed by atoms with E-state index in [-0.39, 0.29) is 17.2 Å². The maximum absolute atomic E-state index is 12.0. The summed E-state index contributed by atoms with van der Waals surface area (Å²) >= 11 is 0. The normalized spacial score (nSPS) is 11.0. The van der Waals surface area contributed by atoms with Crippen molar-refractivity contribution < 1.29 is 4.92 Å². The molecule has 10 heteroatoms. The Balaban J connectivity index is 2.45. The van der Waals surface area contributed by atoms with Gasteiger partial charge < -0.3 is 5.73 Å². The van der Waals surface area contributed by atoms with Crippen molar-refractivity contribution in [3.63, 3.8) is 0 Å². The number of non-ortho nitro benzene ring substituents is 1. The van der Waals surface area contributed by atoms with Gasteiger partial charge in [0, 0.05) is 26.2 Å². The Hall–Kier alpha value is -3.30. The molecule has 114 valence electrons. The third kappa shape index (κ3) is 2.61. The lowest BCUT2D eigenvalue weighted by molar-refractivity contribution is -0.384. The number of azo groups is 1. The first-order chi connectivity index (χ1) is 10.3. The van der Waals surface area contributed by atoms with Crippen molar-refractivity contribution >= 4 is 22.9 Å². The second kappa shape index (κ2) is 5.60. The Kier molecular flexibility index (Phi) is 3.84. The van der Waals surface area contributed by atoms with E-state index in [4.69, 9.17) is 5.73 Å². The average molecular weight is 304 g/mol. The summed E-state index contributed by atoms with van der Waals surface area (Å²) in [6.45, 7) is 0.